The van der Waals surface area contributed by atoms with Gasteiger partial charge in [-0.05, 0) is 33.2 Å². The van der Waals surface area contributed by atoms with Crippen molar-refractivity contribution in [2.24, 2.45) is 0 Å². The predicted molar refractivity (Wildman–Crippen MR) is 50.3 cm³/mol. The molecule has 0 aliphatic heterocycles. The van der Waals surface area contributed by atoms with Gasteiger partial charge < -0.3 is 15.2 Å². The van der Waals surface area contributed by atoms with Gasteiger partial charge in [0.15, 0.2) is 0 Å². The number of aliphatic hydroxyl groups is 1. The third-order valence-corrected chi connectivity index (χ3v) is 1.96. The van der Waals surface area contributed by atoms with E-state index in [0.717, 1.165) is 19.4 Å². The molecule has 0 saturated carbocycles. The van der Waals surface area contributed by atoms with Crippen molar-refractivity contribution >= 4 is 0 Å². The average Bonchev–Trinajstić information content (AvgIpc) is 2.11. The van der Waals surface area contributed by atoms with E-state index < -0.39 is 0 Å². The van der Waals surface area contributed by atoms with Gasteiger partial charge in [-0.2, -0.15) is 0 Å². The summed E-state index contributed by atoms with van der Waals surface area (Å²) in [6, 6.07) is 0.211. The van der Waals surface area contributed by atoms with E-state index in [1.807, 2.05) is 6.92 Å². The minimum absolute atomic E-state index is 0.208. The molecule has 0 bridgehead atoms. The summed E-state index contributed by atoms with van der Waals surface area (Å²) < 4.78 is 5.11. The zero-order valence-corrected chi connectivity index (χ0v) is 8.34. The maximum Gasteiger partial charge on any atom is 0.0581 e. The SMILES string of the molecule is COC(C)CCCNC(C)CO. The molecule has 2 unspecified atom stereocenters. The van der Waals surface area contributed by atoms with Crippen molar-refractivity contribution in [1.29, 1.82) is 0 Å². The molecule has 74 valence electrons. The minimum atomic E-state index is 0.208. The lowest BCUT2D eigenvalue weighted by Crippen LogP contribution is -2.30. The number of methoxy groups -OCH3 is 1. The fraction of sp³-hybridized carbons (Fsp3) is 1.00. The Morgan fingerprint density at radius 1 is 1.42 bits per heavy atom. The lowest BCUT2D eigenvalue weighted by molar-refractivity contribution is 0.108. The van der Waals surface area contributed by atoms with Crippen molar-refractivity contribution in [1.82, 2.24) is 5.32 Å². The fourth-order valence-corrected chi connectivity index (χ4v) is 0.920. The molecule has 0 fully saturated rings. The third kappa shape index (κ3) is 6.58. The Labute approximate surface area is 75.1 Å². The Morgan fingerprint density at radius 2 is 2.08 bits per heavy atom. The quantitative estimate of drug-likeness (QED) is 0.562. The van der Waals surface area contributed by atoms with Gasteiger partial charge in [-0.25, -0.2) is 0 Å². The molecule has 0 rings (SSSR count). The average molecular weight is 175 g/mol. The first kappa shape index (κ1) is 11.9. The van der Waals surface area contributed by atoms with Gasteiger partial charge in [0.25, 0.3) is 0 Å². The second-order valence-corrected chi connectivity index (χ2v) is 3.23. The van der Waals surface area contributed by atoms with Crippen LogP contribution < -0.4 is 5.32 Å². The first-order valence-electron chi connectivity index (χ1n) is 4.57. The molecule has 3 heteroatoms. The van der Waals surface area contributed by atoms with Crippen LogP contribution in [0.25, 0.3) is 0 Å². The van der Waals surface area contributed by atoms with Crippen molar-refractivity contribution in [2.45, 2.75) is 38.8 Å². The highest BCUT2D eigenvalue weighted by Gasteiger charge is 2.00. The van der Waals surface area contributed by atoms with Crippen molar-refractivity contribution in [3.63, 3.8) is 0 Å². The summed E-state index contributed by atoms with van der Waals surface area (Å²) in [5.74, 6) is 0. The van der Waals surface area contributed by atoms with Crippen LogP contribution in [0.4, 0.5) is 0 Å². The van der Waals surface area contributed by atoms with Crippen molar-refractivity contribution in [2.75, 3.05) is 20.3 Å². The number of nitrogens with one attached hydrogen (secondary N) is 1. The first-order valence-corrected chi connectivity index (χ1v) is 4.57. The summed E-state index contributed by atoms with van der Waals surface area (Å²) in [6.07, 6.45) is 2.51. The van der Waals surface area contributed by atoms with Crippen LogP contribution in [0.2, 0.25) is 0 Å². The van der Waals surface area contributed by atoms with E-state index in [4.69, 9.17) is 9.84 Å². The Kier molecular flexibility index (Phi) is 7.45. The summed E-state index contributed by atoms with van der Waals surface area (Å²) >= 11 is 0. The van der Waals surface area contributed by atoms with E-state index in [2.05, 4.69) is 12.2 Å². The molecule has 2 N–H and O–H groups in total. The van der Waals surface area contributed by atoms with Gasteiger partial charge in [-0.15, -0.1) is 0 Å². The van der Waals surface area contributed by atoms with Gasteiger partial charge in [0.2, 0.25) is 0 Å². The molecule has 0 aromatic carbocycles. The summed E-state index contributed by atoms with van der Waals surface area (Å²) in [7, 11) is 1.73. The maximum atomic E-state index is 8.70. The van der Waals surface area contributed by atoms with Crippen molar-refractivity contribution < 1.29 is 9.84 Å². The van der Waals surface area contributed by atoms with Crippen LogP contribution in [0.1, 0.15) is 26.7 Å². The summed E-state index contributed by atoms with van der Waals surface area (Å²) in [4.78, 5) is 0. The molecule has 0 aliphatic rings. The minimum Gasteiger partial charge on any atom is -0.395 e. The zero-order valence-electron chi connectivity index (χ0n) is 8.34. The Hall–Kier alpha value is -0.120. The monoisotopic (exact) mass is 175 g/mol. The molecule has 0 aromatic rings. The molecule has 12 heavy (non-hydrogen) atoms. The van der Waals surface area contributed by atoms with E-state index >= 15 is 0 Å². The second kappa shape index (κ2) is 7.53. The highest BCUT2D eigenvalue weighted by Crippen LogP contribution is 1.98. The molecule has 0 heterocycles. The number of hydrogen-bond donors (Lipinski definition) is 2. The van der Waals surface area contributed by atoms with Gasteiger partial charge in [-0.1, -0.05) is 0 Å². The van der Waals surface area contributed by atoms with Gasteiger partial charge in [-0.3, -0.25) is 0 Å². The van der Waals surface area contributed by atoms with E-state index in [-0.39, 0.29) is 12.6 Å². The number of ether oxygens (including phenoxy) is 1. The van der Waals surface area contributed by atoms with E-state index in [1.165, 1.54) is 0 Å². The van der Waals surface area contributed by atoms with Crippen LogP contribution in [0.5, 0.6) is 0 Å². The van der Waals surface area contributed by atoms with Crippen LogP contribution in [0.3, 0.4) is 0 Å². The Morgan fingerprint density at radius 3 is 2.58 bits per heavy atom. The number of rotatable bonds is 7. The first-order chi connectivity index (χ1) is 5.70. The highest BCUT2D eigenvalue weighted by atomic mass is 16.5. The van der Waals surface area contributed by atoms with E-state index in [0.29, 0.717) is 6.10 Å². The van der Waals surface area contributed by atoms with Crippen LogP contribution >= 0.6 is 0 Å². The number of aliphatic hydroxyl groups excluding tert-OH is 1. The fourth-order valence-electron chi connectivity index (χ4n) is 0.920. The normalized spacial score (nSPS) is 16.0. The molecule has 3 nitrogen and oxygen atoms in total. The molecular formula is C9H21NO2. The van der Waals surface area contributed by atoms with E-state index in [1.54, 1.807) is 7.11 Å². The lowest BCUT2D eigenvalue weighted by Gasteiger charge is -2.12. The van der Waals surface area contributed by atoms with Crippen LogP contribution in [0.15, 0.2) is 0 Å². The zero-order chi connectivity index (χ0) is 9.40. The Bertz CT molecular complexity index is 86.5. The molecular weight excluding hydrogens is 154 g/mol. The molecule has 0 aromatic heterocycles. The lowest BCUT2D eigenvalue weighted by atomic mass is 10.2. The highest BCUT2D eigenvalue weighted by molar-refractivity contribution is 4.59. The topological polar surface area (TPSA) is 41.5 Å². The van der Waals surface area contributed by atoms with Crippen LogP contribution in [-0.2, 0) is 4.74 Å². The van der Waals surface area contributed by atoms with Crippen molar-refractivity contribution in [3.8, 4) is 0 Å². The largest absolute Gasteiger partial charge is 0.395 e. The van der Waals surface area contributed by atoms with Gasteiger partial charge in [0, 0.05) is 13.2 Å². The molecule has 0 aliphatic carbocycles. The van der Waals surface area contributed by atoms with Gasteiger partial charge >= 0.3 is 0 Å². The standard InChI is InChI=1S/C9H21NO2/c1-8(7-11)10-6-4-5-9(2)12-3/h8-11H,4-7H2,1-3H3. The van der Waals surface area contributed by atoms with E-state index in [9.17, 15) is 0 Å². The third-order valence-electron chi connectivity index (χ3n) is 1.96. The van der Waals surface area contributed by atoms with Gasteiger partial charge in [0.05, 0.1) is 12.7 Å². The van der Waals surface area contributed by atoms with Gasteiger partial charge in [0.1, 0.15) is 0 Å². The second-order valence-electron chi connectivity index (χ2n) is 3.23. The van der Waals surface area contributed by atoms with Crippen LogP contribution in [0, 0.1) is 0 Å². The van der Waals surface area contributed by atoms with Crippen LogP contribution in [-0.4, -0.2) is 37.5 Å². The smallest absolute Gasteiger partial charge is 0.0581 e. The molecule has 2 atom stereocenters. The molecule has 0 saturated heterocycles. The summed E-state index contributed by atoms with van der Waals surface area (Å²) in [5.41, 5.74) is 0. The maximum absolute atomic E-state index is 8.70. The molecule has 0 spiro atoms. The molecule has 0 radical (unpaired) electrons. The summed E-state index contributed by atoms with van der Waals surface area (Å²) in [5, 5.41) is 11.9. The molecule has 0 amide bonds. The van der Waals surface area contributed by atoms with Crippen molar-refractivity contribution in [3.05, 3.63) is 0 Å². The summed E-state index contributed by atoms with van der Waals surface area (Å²) in [6.45, 7) is 5.20. The number of hydrogen-bond acceptors (Lipinski definition) is 3. The predicted octanol–water partition coefficient (Wildman–Crippen LogP) is 0.772. The Balaban J connectivity index is 3.10.